The number of methoxy groups -OCH3 is 1. The molecule has 84 valence electrons. The van der Waals surface area contributed by atoms with Gasteiger partial charge in [-0.2, -0.15) is 5.26 Å². The average Bonchev–Trinajstić information content (AvgIpc) is 2.30. The van der Waals surface area contributed by atoms with Crippen LogP contribution in [-0.4, -0.2) is 18.5 Å². The second-order valence-electron chi connectivity index (χ2n) is 2.68. The van der Waals surface area contributed by atoms with Gasteiger partial charge in [-0.25, -0.2) is 4.99 Å². The molecule has 0 saturated carbocycles. The van der Waals surface area contributed by atoms with Gasteiger partial charge in [0.05, 0.1) is 17.3 Å². The molecule has 0 bridgehead atoms. The quantitative estimate of drug-likeness (QED) is 0.395. The highest BCUT2D eigenvalue weighted by Gasteiger charge is 2.02. The SMILES string of the molecule is COc1cc(N=C(NC#N)SC)ccc1Br. The van der Waals surface area contributed by atoms with Crippen molar-refractivity contribution in [2.24, 2.45) is 4.99 Å². The summed E-state index contributed by atoms with van der Waals surface area (Å²) < 4.78 is 6.02. The van der Waals surface area contributed by atoms with Crippen LogP contribution in [0.25, 0.3) is 0 Å². The Kier molecular flexibility index (Phi) is 5.15. The van der Waals surface area contributed by atoms with Gasteiger partial charge in [-0.1, -0.05) is 11.8 Å². The molecule has 0 fully saturated rings. The molecule has 4 nitrogen and oxygen atoms in total. The summed E-state index contributed by atoms with van der Waals surface area (Å²) in [4.78, 5) is 4.26. The van der Waals surface area contributed by atoms with E-state index in [1.165, 1.54) is 11.8 Å². The molecule has 0 amide bonds. The summed E-state index contributed by atoms with van der Waals surface area (Å²) >= 11 is 4.73. The second kappa shape index (κ2) is 6.40. The molecular weight excluding hydrogens is 290 g/mol. The first-order chi connectivity index (χ1) is 7.71. The van der Waals surface area contributed by atoms with Crippen LogP contribution in [-0.2, 0) is 0 Å². The van der Waals surface area contributed by atoms with E-state index in [4.69, 9.17) is 10.00 Å². The Hall–Kier alpha value is -1.19. The number of amidine groups is 1. The highest BCUT2D eigenvalue weighted by molar-refractivity contribution is 9.10. The highest BCUT2D eigenvalue weighted by Crippen LogP contribution is 2.29. The number of nitrogens with zero attached hydrogens (tertiary/aromatic N) is 2. The van der Waals surface area contributed by atoms with Crippen LogP contribution in [0.1, 0.15) is 0 Å². The number of nitriles is 1. The van der Waals surface area contributed by atoms with E-state index in [2.05, 4.69) is 26.2 Å². The van der Waals surface area contributed by atoms with Crippen molar-refractivity contribution in [2.75, 3.05) is 13.4 Å². The molecule has 0 spiro atoms. The molecule has 0 aromatic heterocycles. The molecule has 6 heteroatoms. The fourth-order valence-corrected chi connectivity index (χ4v) is 1.76. The third kappa shape index (κ3) is 3.43. The summed E-state index contributed by atoms with van der Waals surface area (Å²) in [5, 5.41) is 11.6. The summed E-state index contributed by atoms with van der Waals surface area (Å²) in [6, 6.07) is 5.48. The monoisotopic (exact) mass is 299 g/mol. The topological polar surface area (TPSA) is 57.4 Å². The Balaban J connectivity index is 3.01. The summed E-state index contributed by atoms with van der Waals surface area (Å²) in [5.74, 6) is 0.707. The fourth-order valence-electron chi connectivity index (χ4n) is 1.01. The van der Waals surface area contributed by atoms with E-state index in [1.807, 2.05) is 24.6 Å². The third-order valence-corrected chi connectivity index (χ3v) is 2.96. The molecule has 1 N–H and O–H groups in total. The molecule has 0 heterocycles. The van der Waals surface area contributed by atoms with Crippen molar-refractivity contribution in [1.82, 2.24) is 5.32 Å². The summed E-state index contributed by atoms with van der Waals surface area (Å²) in [6.07, 6.45) is 3.68. The minimum Gasteiger partial charge on any atom is -0.495 e. The number of aliphatic imine (C=N–C) groups is 1. The van der Waals surface area contributed by atoms with Gasteiger partial charge in [-0.3, -0.25) is 5.32 Å². The normalized spacial score (nSPS) is 10.8. The maximum Gasteiger partial charge on any atom is 0.183 e. The largest absolute Gasteiger partial charge is 0.495 e. The van der Waals surface area contributed by atoms with Gasteiger partial charge in [0.25, 0.3) is 0 Å². The van der Waals surface area contributed by atoms with E-state index in [0.717, 1.165) is 10.2 Å². The average molecular weight is 300 g/mol. The molecule has 16 heavy (non-hydrogen) atoms. The van der Waals surface area contributed by atoms with Crippen LogP contribution < -0.4 is 10.1 Å². The fraction of sp³-hybridized carbons (Fsp3) is 0.200. The van der Waals surface area contributed by atoms with Crippen LogP contribution >= 0.6 is 27.7 Å². The number of benzene rings is 1. The Bertz CT molecular complexity index is 442. The number of thioether (sulfide) groups is 1. The zero-order valence-electron chi connectivity index (χ0n) is 8.82. The zero-order chi connectivity index (χ0) is 12.0. The molecule has 1 aromatic carbocycles. The van der Waals surface area contributed by atoms with Crippen LogP contribution in [0.15, 0.2) is 27.7 Å². The number of halogens is 1. The maximum absolute atomic E-state index is 8.50. The summed E-state index contributed by atoms with van der Waals surface area (Å²) in [5.41, 5.74) is 0.729. The Labute approximate surface area is 107 Å². The summed E-state index contributed by atoms with van der Waals surface area (Å²) in [7, 11) is 1.59. The molecule has 1 rings (SSSR count). The van der Waals surface area contributed by atoms with Crippen LogP contribution in [0, 0.1) is 11.5 Å². The lowest BCUT2D eigenvalue weighted by molar-refractivity contribution is 0.412. The predicted molar refractivity (Wildman–Crippen MR) is 70.1 cm³/mol. The smallest absolute Gasteiger partial charge is 0.183 e. The van der Waals surface area contributed by atoms with E-state index < -0.39 is 0 Å². The van der Waals surface area contributed by atoms with Crippen molar-refractivity contribution in [3.63, 3.8) is 0 Å². The minimum atomic E-state index is 0.548. The molecule has 0 radical (unpaired) electrons. The Morgan fingerprint density at radius 2 is 2.38 bits per heavy atom. The van der Waals surface area contributed by atoms with Crippen molar-refractivity contribution < 1.29 is 4.74 Å². The molecule has 0 saturated heterocycles. The van der Waals surface area contributed by atoms with Gasteiger partial charge < -0.3 is 4.74 Å². The first kappa shape index (κ1) is 12.9. The Morgan fingerprint density at radius 1 is 1.62 bits per heavy atom. The van der Waals surface area contributed by atoms with E-state index in [1.54, 1.807) is 13.2 Å². The molecule has 0 unspecified atom stereocenters. The number of nitrogens with one attached hydrogen (secondary N) is 1. The van der Waals surface area contributed by atoms with Gasteiger partial charge >= 0.3 is 0 Å². The van der Waals surface area contributed by atoms with Crippen molar-refractivity contribution >= 4 is 38.5 Å². The second-order valence-corrected chi connectivity index (χ2v) is 4.33. The van der Waals surface area contributed by atoms with Crippen LogP contribution in [0.2, 0.25) is 0 Å². The molecular formula is C10H10BrN3OS. The van der Waals surface area contributed by atoms with Crippen LogP contribution in [0.4, 0.5) is 5.69 Å². The van der Waals surface area contributed by atoms with Gasteiger partial charge in [-0.15, -0.1) is 0 Å². The van der Waals surface area contributed by atoms with Crippen LogP contribution in [0.5, 0.6) is 5.75 Å². The maximum atomic E-state index is 8.50. The molecule has 0 atom stereocenters. The van der Waals surface area contributed by atoms with E-state index in [9.17, 15) is 0 Å². The van der Waals surface area contributed by atoms with Gasteiger partial charge in [0, 0.05) is 6.07 Å². The van der Waals surface area contributed by atoms with Gasteiger partial charge in [0.1, 0.15) is 5.75 Å². The van der Waals surface area contributed by atoms with Crippen molar-refractivity contribution in [3.8, 4) is 11.9 Å². The van der Waals surface area contributed by atoms with Gasteiger partial charge in [0.15, 0.2) is 11.4 Å². The lowest BCUT2D eigenvalue weighted by Gasteiger charge is -2.04. The molecule has 1 aromatic rings. The summed E-state index contributed by atoms with van der Waals surface area (Å²) in [6.45, 7) is 0. The van der Waals surface area contributed by atoms with Crippen molar-refractivity contribution in [3.05, 3.63) is 22.7 Å². The first-order valence-corrected chi connectivity index (χ1v) is 6.34. The van der Waals surface area contributed by atoms with E-state index >= 15 is 0 Å². The predicted octanol–water partition coefficient (Wildman–Crippen LogP) is 2.88. The minimum absolute atomic E-state index is 0.548. The Morgan fingerprint density at radius 3 is 2.94 bits per heavy atom. The van der Waals surface area contributed by atoms with E-state index in [-0.39, 0.29) is 0 Å². The lowest BCUT2D eigenvalue weighted by Crippen LogP contribution is -2.12. The number of rotatable bonds is 2. The lowest BCUT2D eigenvalue weighted by atomic mass is 10.3. The standard InChI is InChI=1S/C10H10BrN3OS/c1-15-9-5-7(3-4-8(9)11)14-10(16-2)13-6-12/h3-5H,1-2H3,(H,13,14). The number of hydrogen-bond acceptors (Lipinski definition) is 4. The number of ether oxygens (including phenoxy) is 1. The van der Waals surface area contributed by atoms with Gasteiger partial charge in [-0.05, 0) is 34.3 Å². The van der Waals surface area contributed by atoms with Gasteiger partial charge in [0.2, 0.25) is 0 Å². The molecule has 0 aliphatic carbocycles. The van der Waals surface area contributed by atoms with Crippen LogP contribution in [0.3, 0.4) is 0 Å². The highest BCUT2D eigenvalue weighted by atomic mass is 79.9. The third-order valence-electron chi connectivity index (χ3n) is 1.72. The molecule has 0 aliphatic rings. The molecule has 0 aliphatic heterocycles. The van der Waals surface area contributed by atoms with Crippen molar-refractivity contribution in [1.29, 1.82) is 5.26 Å². The first-order valence-electron chi connectivity index (χ1n) is 4.32. The number of hydrogen-bond donors (Lipinski definition) is 1. The van der Waals surface area contributed by atoms with E-state index in [0.29, 0.717) is 10.9 Å². The van der Waals surface area contributed by atoms with Crippen molar-refractivity contribution in [2.45, 2.75) is 0 Å². The zero-order valence-corrected chi connectivity index (χ0v) is 11.2.